The maximum absolute atomic E-state index is 12.9. The molecule has 0 spiro atoms. The fourth-order valence-electron chi connectivity index (χ4n) is 3.07. The minimum absolute atomic E-state index is 0.108. The van der Waals surface area contributed by atoms with E-state index in [0.29, 0.717) is 16.6 Å². The molecule has 4 aromatic rings. The topological polar surface area (TPSA) is 98.3 Å². The zero-order valence-corrected chi connectivity index (χ0v) is 15.4. The molecular weight excluding hydrogens is 378 g/mol. The largest absolute Gasteiger partial charge is 0.386 e. The summed E-state index contributed by atoms with van der Waals surface area (Å²) in [5.74, 6) is 0. The number of fused-ring (bicyclic) bond motifs is 1. The number of non-ortho nitro benzene ring substituents is 1. The highest BCUT2D eigenvalue weighted by Crippen LogP contribution is 2.28. The minimum Gasteiger partial charge on any atom is -0.386 e. The van der Waals surface area contributed by atoms with Crippen LogP contribution in [-0.4, -0.2) is 19.8 Å². The van der Waals surface area contributed by atoms with Gasteiger partial charge in [0.15, 0.2) is 0 Å². The molecule has 0 aliphatic rings. The second kappa shape index (κ2) is 7.34. The normalized spacial score (nSPS) is 12.2. The van der Waals surface area contributed by atoms with Crippen molar-refractivity contribution >= 4 is 27.8 Å². The van der Waals surface area contributed by atoms with Gasteiger partial charge in [-0.15, -0.1) is 11.3 Å². The summed E-state index contributed by atoms with van der Waals surface area (Å²) in [6, 6.07) is 16.8. The highest BCUT2D eigenvalue weighted by atomic mass is 32.1. The van der Waals surface area contributed by atoms with Gasteiger partial charge >= 0.3 is 0 Å². The van der Waals surface area contributed by atoms with E-state index in [1.807, 2.05) is 29.6 Å². The first-order valence-electron chi connectivity index (χ1n) is 8.51. The van der Waals surface area contributed by atoms with Crippen LogP contribution in [0.3, 0.4) is 0 Å². The van der Waals surface area contributed by atoms with E-state index in [9.17, 15) is 20.0 Å². The van der Waals surface area contributed by atoms with E-state index in [1.54, 1.807) is 18.2 Å². The number of aliphatic hydroxyl groups is 1. The number of hydrogen-bond acceptors (Lipinski definition) is 6. The molecule has 7 nitrogen and oxygen atoms in total. The third kappa shape index (κ3) is 3.30. The molecule has 0 unspecified atom stereocenters. The standard InChI is InChI=1S/C20H15N3O4S/c24-17(13-5-3-6-14(11-13)23(26)27)12-22-20(25)16-8-2-1-7-15(16)19(21-22)18-9-4-10-28-18/h1-11,17,24H,12H2/t17-/m0/s1. The lowest BCUT2D eigenvalue weighted by atomic mass is 10.1. The van der Waals surface area contributed by atoms with Gasteiger partial charge in [-0.05, 0) is 23.1 Å². The third-order valence-electron chi connectivity index (χ3n) is 4.43. The summed E-state index contributed by atoms with van der Waals surface area (Å²) in [4.78, 5) is 24.2. The molecule has 0 aliphatic heterocycles. The van der Waals surface area contributed by atoms with E-state index < -0.39 is 11.0 Å². The maximum Gasteiger partial charge on any atom is 0.274 e. The van der Waals surface area contributed by atoms with Gasteiger partial charge in [-0.1, -0.05) is 36.4 Å². The molecule has 0 aliphatic carbocycles. The van der Waals surface area contributed by atoms with Crippen molar-refractivity contribution in [3.63, 3.8) is 0 Å². The molecule has 2 aromatic heterocycles. The van der Waals surface area contributed by atoms with Crippen molar-refractivity contribution in [3.05, 3.63) is 92.1 Å². The first-order chi connectivity index (χ1) is 13.5. The SMILES string of the molecule is O=c1c2ccccc2c(-c2cccs2)nn1C[C@H](O)c1cccc([N+](=O)[O-])c1. The molecule has 0 amide bonds. The van der Waals surface area contributed by atoms with Crippen LogP contribution in [0.15, 0.2) is 70.8 Å². The summed E-state index contributed by atoms with van der Waals surface area (Å²) in [7, 11) is 0. The van der Waals surface area contributed by atoms with E-state index in [0.717, 1.165) is 10.3 Å². The van der Waals surface area contributed by atoms with Crippen molar-refractivity contribution in [1.82, 2.24) is 9.78 Å². The van der Waals surface area contributed by atoms with Crippen LogP contribution in [0.5, 0.6) is 0 Å². The lowest BCUT2D eigenvalue weighted by molar-refractivity contribution is -0.385. The van der Waals surface area contributed by atoms with Gasteiger partial charge < -0.3 is 5.11 Å². The number of nitro benzene ring substituents is 1. The summed E-state index contributed by atoms with van der Waals surface area (Å²) in [6.45, 7) is -0.108. The molecule has 8 heteroatoms. The molecule has 0 saturated heterocycles. The van der Waals surface area contributed by atoms with Crippen LogP contribution in [0, 0.1) is 10.1 Å². The predicted octanol–water partition coefficient (Wildman–Crippen LogP) is 3.77. The summed E-state index contributed by atoms with van der Waals surface area (Å²) in [5, 5.41) is 29.2. The molecule has 1 N–H and O–H groups in total. The molecule has 140 valence electrons. The van der Waals surface area contributed by atoms with E-state index in [4.69, 9.17) is 0 Å². The Balaban J connectivity index is 1.79. The molecule has 4 rings (SSSR count). The highest BCUT2D eigenvalue weighted by molar-refractivity contribution is 7.13. The van der Waals surface area contributed by atoms with Crippen LogP contribution in [0.4, 0.5) is 5.69 Å². The maximum atomic E-state index is 12.9. The Morgan fingerprint density at radius 2 is 1.89 bits per heavy atom. The van der Waals surface area contributed by atoms with Gasteiger partial charge in [0.05, 0.1) is 27.8 Å². The number of benzene rings is 2. The Hall–Kier alpha value is -3.36. The lowest BCUT2D eigenvalue weighted by Gasteiger charge is -2.14. The zero-order valence-electron chi connectivity index (χ0n) is 14.6. The molecule has 0 bridgehead atoms. The second-order valence-corrected chi connectivity index (χ2v) is 7.17. The van der Waals surface area contributed by atoms with Crippen molar-refractivity contribution < 1.29 is 10.0 Å². The molecule has 0 radical (unpaired) electrons. The van der Waals surface area contributed by atoms with E-state index >= 15 is 0 Å². The summed E-state index contributed by atoms with van der Waals surface area (Å²) >= 11 is 1.51. The van der Waals surface area contributed by atoms with Gasteiger partial charge in [-0.2, -0.15) is 5.10 Å². The van der Waals surface area contributed by atoms with Gasteiger partial charge in [0.1, 0.15) is 5.69 Å². The van der Waals surface area contributed by atoms with Crippen LogP contribution >= 0.6 is 11.3 Å². The van der Waals surface area contributed by atoms with Crippen molar-refractivity contribution in [3.8, 4) is 10.6 Å². The van der Waals surface area contributed by atoms with Crippen LogP contribution in [0.1, 0.15) is 11.7 Å². The fraction of sp³-hybridized carbons (Fsp3) is 0.100. The summed E-state index contributed by atoms with van der Waals surface area (Å²) < 4.78 is 1.22. The number of aromatic nitrogens is 2. The number of hydrogen-bond donors (Lipinski definition) is 1. The Bertz CT molecular complexity index is 1220. The molecule has 28 heavy (non-hydrogen) atoms. The van der Waals surface area contributed by atoms with Crippen LogP contribution in [0.2, 0.25) is 0 Å². The first kappa shape index (κ1) is 18.0. The zero-order chi connectivity index (χ0) is 19.7. The highest BCUT2D eigenvalue weighted by Gasteiger charge is 2.17. The fourth-order valence-corrected chi connectivity index (χ4v) is 3.79. The second-order valence-electron chi connectivity index (χ2n) is 6.23. The molecule has 2 heterocycles. The number of aliphatic hydroxyl groups excluding tert-OH is 1. The van der Waals surface area contributed by atoms with Gasteiger partial charge in [0.25, 0.3) is 11.2 Å². The molecule has 2 aromatic carbocycles. The van der Waals surface area contributed by atoms with Crippen LogP contribution in [0.25, 0.3) is 21.3 Å². The number of nitrogens with zero attached hydrogens (tertiary/aromatic N) is 3. The average molecular weight is 393 g/mol. The number of thiophene rings is 1. The number of nitro groups is 1. The van der Waals surface area contributed by atoms with E-state index in [1.165, 1.54) is 34.2 Å². The van der Waals surface area contributed by atoms with Gasteiger partial charge in [-0.3, -0.25) is 14.9 Å². The van der Waals surface area contributed by atoms with Crippen molar-refractivity contribution in [1.29, 1.82) is 0 Å². The molecular formula is C20H15N3O4S. The Kier molecular flexibility index (Phi) is 4.72. The van der Waals surface area contributed by atoms with Crippen LogP contribution in [-0.2, 0) is 6.54 Å². The van der Waals surface area contributed by atoms with Gasteiger partial charge in [-0.25, -0.2) is 4.68 Å². The average Bonchev–Trinajstić information content (AvgIpc) is 3.25. The predicted molar refractivity (Wildman–Crippen MR) is 107 cm³/mol. The monoisotopic (exact) mass is 393 g/mol. The Morgan fingerprint density at radius 3 is 2.61 bits per heavy atom. The molecule has 0 saturated carbocycles. The van der Waals surface area contributed by atoms with Crippen molar-refractivity contribution in [2.45, 2.75) is 12.6 Å². The molecule has 1 atom stereocenters. The summed E-state index contributed by atoms with van der Waals surface area (Å²) in [6.07, 6.45) is -1.11. The summed E-state index contributed by atoms with van der Waals surface area (Å²) in [5.41, 5.74) is 0.584. The smallest absolute Gasteiger partial charge is 0.274 e. The van der Waals surface area contributed by atoms with E-state index in [2.05, 4.69) is 5.10 Å². The Labute approximate surface area is 163 Å². The quantitative estimate of drug-likeness (QED) is 0.411. The van der Waals surface area contributed by atoms with Crippen LogP contribution < -0.4 is 5.56 Å². The van der Waals surface area contributed by atoms with Gasteiger partial charge in [0.2, 0.25) is 0 Å². The Morgan fingerprint density at radius 1 is 1.11 bits per heavy atom. The van der Waals surface area contributed by atoms with Crippen molar-refractivity contribution in [2.75, 3.05) is 0 Å². The van der Waals surface area contributed by atoms with E-state index in [-0.39, 0.29) is 17.8 Å². The lowest BCUT2D eigenvalue weighted by Crippen LogP contribution is -2.26. The number of rotatable bonds is 5. The van der Waals surface area contributed by atoms with Gasteiger partial charge in [0, 0.05) is 17.5 Å². The van der Waals surface area contributed by atoms with Crippen molar-refractivity contribution in [2.24, 2.45) is 0 Å². The third-order valence-corrected chi connectivity index (χ3v) is 5.31. The molecule has 0 fully saturated rings. The minimum atomic E-state index is -1.11. The first-order valence-corrected chi connectivity index (χ1v) is 9.38.